The number of ether oxygens (including phenoxy) is 1. The van der Waals surface area contributed by atoms with E-state index in [4.69, 9.17) is 9.15 Å². The molecule has 29 heavy (non-hydrogen) atoms. The third-order valence-electron chi connectivity index (χ3n) is 6.94. The molecule has 2 aromatic heterocycles. The summed E-state index contributed by atoms with van der Waals surface area (Å²) in [6, 6.07) is 5.06. The van der Waals surface area contributed by atoms with Crippen LogP contribution in [0.3, 0.4) is 0 Å². The fourth-order valence-electron chi connectivity index (χ4n) is 4.69. The zero-order valence-electron chi connectivity index (χ0n) is 16.8. The summed E-state index contributed by atoms with van der Waals surface area (Å²) >= 11 is 0. The lowest BCUT2D eigenvalue weighted by Gasteiger charge is -2.53. The van der Waals surface area contributed by atoms with Crippen LogP contribution in [0.5, 0.6) is 5.75 Å². The Hall–Kier alpha value is -2.22. The quantitative estimate of drug-likeness (QED) is 0.724. The second kappa shape index (κ2) is 6.93. The number of aliphatic hydroxyl groups is 3. The first-order chi connectivity index (χ1) is 13.7. The molecule has 7 heteroatoms. The molecule has 0 amide bonds. The number of hydrogen-bond acceptors (Lipinski definition) is 7. The molecule has 3 N–H and O–H groups in total. The van der Waals surface area contributed by atoms with Crippen LogP contribution >= 0.6 is 0 Å². The molecule has 0 unspecified atom stereocenters. The zero-order valence-corrected chi connectivity index (χ0v) is 16.8. The molecule has 4 rings (SSSR count). The summed E-state index contributed by atoms with van der Waals surface area (Å²) in [7, 11) is 0. The predicted octanol–water partition coefficient (Wildman–Crippen LogP) is 2.43. The van der Waals surface area contributed by atoms with Crippen LogP contribution in [-0.2, 0) is 0 Å². The van der Waals surface area contributed by atoms with Crippen molar-refractivity contribution in [2.24, 2.45) is 11.8 Å². The van der Waals surface area contributed by atoms with Gasteiger partial charge in [-0.3, -0.25) is 4.98 Å². The van der Waals surface area contributed by atoms with E-state index in [0.717, 1.165) is 0 Å². The molecule has 0 radical (unpaired) electrons. The minimum Gasteiger partial charge on any atom is -0.484 e. The van der Waals surface area contributed by atoms with Gasteiger partial charge in [-0.15, -0.1) is 0 Å². The summed E-state index contributed by atoms with van der Waals surface area (Å²) in [4.78, 5) is 16.8. The van der Waals surface area contributed by atoms with Gasteiger partial charge in [-0.05, 0) is 51.2 Å². The number of aliphatic hydroxyl groups excluding tert-OH is 2. The van der Waals surface area contributed by atoms with Gasteiger partial charge in [0.25, 0.3) is 0 Å². The van der Waals surface area contributed by atoms with Gasteiger partial charge < -0.3 is 24.5 Å². The molecule has 156 valence electrons. The maximum Gasteiger partial charge on any atom is 0.345 e. The van der Waals surface area contributed by atoms with Gasteiger partial charge in [0.2, 0.25) is 0 Å². The van der Waals surface area contributed by atoms with Gasteiger partial charge in [0.15, 0.2) is 0 Å². The van der Waals surface area contributed by atoms with Gasteiger partial charge >= 0.3 is 5.63 Å². The molecule has 0 spiro atoms. The number of fused-ring (bicyclic) bond motifs is 2. The minimum atomic E-state index is -1.16. The minimum absolute atomic E-state index is 0.0594. The third-order valence-corrected chi connectivity index (χ3v) is 6.94. The Balaban J connectivity index is 1.77. The smallest absolute Gasteiger partial charge is 0.345 e. The monoisotopic (exact) mass is 401 g/mol. The average molecular weight is 401 g/mol. The van der Waals surface area contributed by atoms with E-state index >= 15 is 0 Å². The van der Waals surface area contributed by atoms with E-state index in [-0.39, 0.29) is 23.0 Å². The van der Waals surface area contributed by atoms with E-state index in [1.807, 2.05) is 6.92 Å². The molecule has 1 aliphatic heterocycles. The van der Waals surface area contributed by atoms with Crippen molar-refractivity contribution in [1.29, 1.82) is 0 Å². The largest absolute Gasteiger partial charge is 0.484 e. The van der Waals surface area contributed by atoms with Crippen molar-refractivity contribution in [2.45, 2.75) is 63.4 Å². The fraction of sp³-hybridized carbons (Fsp3) is 0.545. The Morgan fingerprint density at radius 1 is 1.34 bits per heavy atom. The van der Waals surface area contributed by atoms with E-state index in [2.05, 4.69) is 4.98 Å². The van der Waals surface area contributed by atoms with Crippen LogP contribution in [0.25, 0.3) is 11.3 Å². The van der Waals surface area contributed by atoms with Crippen molar-refractivity contribution < 1.29 is 24.5 Å². The standard InChI is InChI=1S/C22H27NO6/c1-4-21(2,27)13-8-14-19(25)18-16(29-22(14,3)17(24)9-13)10-15(28-20(18)26)12-6-5-7-23-11-12/h5-7,10-11,13-14,17,19,24-25,27H,4,8-9H2,1-3H3/t13-,14-,17-,19+,21+,22-/m1/s1. The molecule has 0 saturated heterocycles. The van der Waals surface area contributed by atoms with Gasteiger partial charge in [-0.2, -0.15) is 0 Å². The van der Waals surface area contributed by atoms with Crippen LogP contribution < -0.4 is 10.4 Å². The van der Waals surface area contributed by atoms with Crippen molar-refractivity contribution in [2.75, 3.05) is 0 Å². The number of nitrogens with zero attached hydrogens (tertiary/aromatic N) is 1. The fourth-order valence-corrected chi connectivity index (χ4v) is 4.69. The van der Waals surface area contributed by atoms with Crippen LogP contribution in [0.2, 0.25) is 0 Å². The zero-order chi connectivity index (χ0) is 21.0. The van der Waals surface area contributed by atoms with Crippen LogP contribution in [0.4, 0.5) is 0 Å². The number of rotatable bonds is 3. The molecule has 3 heterocycles. The van der Waals surface area contributed by atoms with E-state index in [9.17, 15) is 20.1 Å². The lowest BCUT2D eigenvalue weighted by molar-refractivity contribution is -0.185. The van der Waals surface area contributed by atoms with E-state index < -0.39 is 35.0 Å². The van der Waals surface area contributed by atoms with Gasteiger partial charge in [-0.25, -0.2) is 4.79 Å². The molecule has 1 saturated carbocycles. The molecule has 1 fully saturated rings. The first-order valence-corrected chi connectivity index (χ1v) is 10.0. The first-order valence-electron chi connectivity index (χ1n) is 10.0. The van der Waals surface area contributed by atoms with Crippen LogP contribution in [0.1, 0.15) is 51.7 Å². The van der Waals surface area contributed by atoms with E-state index in [1.54, 1.807) is 44.4 Å². The number of aromatic nitrogens is 1. The molecule has 2 aromatic rings. The highest BCUT2D eigenvalue weighted by Crippen LogP contribution is 2.53. The molecule has 0 bridgehead atoms. The van der Waals surface area contributed by atoms with Gasteiger partial charge in [-0.1, -0.05) is 6.92 Å². The van der Waals surface area contributed by atoms with Gasteiger partial charge in [0.05, 0.1) is 17.8 Å². The molecule has 6 atom stereocenters. The maximum absolute atomic E-state index is 12.7. The molecule has 1 aliphatic carbocycles. The lowest BCUT2D eigenvalue weighted by atomic mass is 9.62. The summed E-state index contributed by atoms with van der Waals surface area (Å²) < 4.78 is 11.6. The van der Waals surface area contributed by atoms with Crippen molar-refractivity contribution in [1.82, 2.24) is 4.98 Å². The molecule has 7 nitrogen and oxygen atoms in total. The van der Waals surface area contributed by atoms with Crippen LogP contribution in [-0.4, -0.2) is 37.6 Å². The highest BCUT2D eigenvalue weighted by molar-refractivity contribution is 5.58. The molecular weight excluding hydrogens is 374 g/mol. The van der Waals surface area contributed by atoms with Crippen molar-refractivity contribution in [3.05, 3.63) is 46.6 Å². The van der Waals surface area contributed by atoms with Crippen molar-refractivity contribution >= 4 is 0 Å². The highest BCUT2D eigenvalue weighted by atomic mass is 16.5. The highest BCUT2D eigenvalue weighted by Gasteiger charge is 2.57. The summed E-state index contributed by atoms with van der Waals surface area (Å²) in [5, 5.41) is 32.7. The van der Waals surface area contributed by atoms with Gasteiger partial charge in [0.1, 0.15) is 22.7 Å². The maximum atomic E-state index is 12.7. The topological polar surface area (TPSA) is 113 Å². The predicted molar refractivity (Wildman–Crippen MR) is 105 cm³/mol. The molecular formula is C22H27NO6. The van der Waals surface area contributed by atoms with E-state index in [0.29, 0.717) is 24.8 Å². The average Bonchev–Trinajstić information content (AvgIpc) is 2.69. The van der Waals surface area contributed by atoms with Crippen molar-refractivity contribution in [3.63, 3.8) is 0 Å². The first kappa shape index (κ1) is 20.1. The Morgan fingerprint density at radius 3 is 2.76 bits per heavy atom. The van der Waals surface area contributed by atoms with Gasteiger partial charge in [0, 0.05) is 29.9 Å². The Bertz CT molecular complexity index is 956. The van der Waals surface area contributed by atoms with E-state index in [1.165, 1.54) is 0 Å². The summed E-state index contributed by atoms with van der Waals surface area (Å²) in [5.41, 5.74) is -2.05. The lowest BCUT2D eigenvalue weighted by Crippen LogP contribution is -2.61. The number of hydrogen-bond donors (Lipinski definition) is 3. The second-order valence-electron chi connectivity index (χ2n) is 8.65. The summed E-state index contributed by atoms with van der Waals surface area (Å²) in [6.45, 7) is 5.38. The van der Waals surface area contributed by atoms with Crippen LogP contribution in [0, 0.1) is 11.8 Å². The molecule has 0 aromatic carbocycles. The molecule has 2 aliphatic rings. The number of pyridine rings is 1. The normalized spacial score (nSPS) is 33.2. The summed E-state index contributed by atoms with van der Waals surface area (Å²) in [5.74, 6) is -0.268. The van der Waals surface area contributed by atoms with Crippen molar-refractivity contribution in [3.8, 4) is 17.1 Å². The Morgan fingerprint density at radius 2 is 2.10 bits per heavy atom. The SMILES string of the molecule is CC[C@](C)(O)[C@H]1C[C@@H](O)[C@]2(C)Oc3cc(-c4cccnc4)oc(=O)c3[C@@H](O)[C@H]2C1. The van der Waals surface area contributed by atoms with Crippen LogP contribution in [0.15, 0.2) is 39.8 Å². The second-order valence-corrected chi connectivity index (χ2v) is 8.65. The Kier molecular flexibility index (Phi) is 4.80. The third kappa shape index (κ3) is 3.17. The summed E-state index contributed by atoms with van der Waals surface area (Å²) in [6.07, 6.45) is 2.44. The Labute approximate surface area is 169 Å².